The van der Waals surface area contributed by atoms with Gasteiger partial charge in [0.15, 0.2) is 0 Å². The molecule has 2 heterocycles. The largest absolute Gasteiger partial charge is 0.368 e. The Morgan fingerprint density at radius 1 is 1.12 bits per heavy atom. The molecule has 0 aliphatic heterocycles. The van der Waals surface area contributed by atoms with Crippen LogP contribution in [0.4, 0.5) is 11.6 Å². The Bertz CT molecular complexity index is 597. The molecule has 88 valence electrons. The van der Waals surface area contributed by atoms with E-state index in [-0.39, 0.29) is 10.8 Å². The van der Waals surface area contributed by atoms with Crippen molar-refractivity contribution in [2.24, 2.45) is 0 Å². The van der Waals surface area contributed by atoms with Crippen LogP contribution in [0.1, 0.15) is 0 Å². The highest BCUT2D eigenvalue weighted by Crippen LogP contribution is 2.13. The summed E-state index contributed by atoms with van der Waals surface area (Å²) < 4.78 is 26.1. The molecule has 3 N–H and O–H groups in total. The molecule has 2 aromatic heterocycles. The highest BCUT2D eigenvalue weighted by molar-refractivity contribution is 7.92. The first-order valence-electron chi connectivity index (χ1n) is 4.58. The van der Waals surface area contributed by atoms with Gasteiger partial charge in [-0.15, -0.1) is 0 Å². The molecule has 8 heteroatoms. The molecule has 7 nitrogen and oxygen atoms in total. The summed E-state index contributed by atoms with van der Waals surface area (Å²) >= 11 is 0. The summed E-state index contributed by atoms with van der Waals surface area (Å²) in [6, 6.07) is 3.07. The Morgan fingerprint density at radius 2 is 1.71 bits per heavy atom. The summed E-state index contributed by atoms with van der Waals surface area (Å²) in [7, 11) is -3.69. The molecule has 0 radical (unpaired) electrons. The van der Waals surface area contributed by atoms with Crippen LogP contribution in [-0.4, -0.2) is 23.4 Å². The van der Waals surface area contributed by atoms with E-state index in [9.17, 15) is 8.42 Å². The third-order valence-corrected chi connectivity index (χ3v) is 3.23. The molecule has 0 fully saturated rings. The lowest BCUT2D eigenvalue weighted by molar-refractivity contribution is 0.600. The van der Waals surface area contributed by atoms with Crippen molar-refractivity contribution in [3.63, 3.8) is 0 Å². The van der Waals surface area contributed by atoms with Gasteiger partial charge in [-0.1, -0.05) is 0 Å². The van der Waals surface area contributed by atoms with Crippen molar-refractivity contribution in [2.75, 3.05) is 10.5 Å². The molecular weight excluding hydrogens is 242 g/mol. The van der Waals surface area contributed by atoms with E-state index in [2.05, 4.69) is 19.7 Å². The van der Waals surface area contributed by atoms with Crippen LogP contribution in [0.3, 0.4) is 0 Å². The molecule has 0 aliphatic rings. The monoisotopic (exact) mass is 251 g/mol. The van der Waals surface area contributed by atoms with Crippen LogP contribution in [0.5, 0.6) is 0 Å². The number of rotatable bonds is 3. The summed E-state index contributed by atoms with van der Waals surface area (Å²) in [6.45, 7) is 0. The van der Waals surface area contributed by atoms with E-state index < -0.39 is 10.0 Å². The number of pyridine rings is 1. The Balaban J connectivity index is 2.29. The molecule has 2 aromatic rings. The maximum Gasteiger partial charge on any atom is 0.264 e. The lowest BCUT2D eigenvalue weighted by Crippen LogP contribution is -2.14. The predicted molar refractivity (Wildman–Crippen MR) is 61.5 cm³/mol. The van der Waals surface area contributed by atoms with Gasteiger partial charge >= 0.3 is 0 Å². The average molecular weight is 251 g/mol. The summed E-state index contributed by atoms with van der Waals surface area (Å²) in [5, 5.41) is 0. The molecule has 0 saturated carbocycles. The number of hydrogen-bond acceptors (Lipinski definition) is 6. The van der Waals surface area contributed by atoms with Crippen LogP contribution in [0.25, 0.3) is 0 Å². The van der Waals surface area contributed by atoms with Gasteiger partial charge in [0.05, 0.1) is 18.1 Å². The van der Waals surface area contributed by atoms with Crippen molar-refractivity contribution < 1.29 is 8.42 Å². The van der Waals surface area contributed by atoms with E-state index in [1.54, 1.807) is 0 Å². The first-order valence-corrected chi connectivity index (χ1v) is 6.06. The molecule has 2 rings (SSSR count). The average Bonchev–Trinajstić information content (AvgIpc) is 2.30. The zero-order valence-electron chi connectivity index (χ0n) is 8.61. The van der Waals surface area contributed by atoms with Crippen LogP contribution < -0.4 is 10.5 Å². The first kappa shape index (κ1) is 11.3. The van der Waals surface area contributed by atoms with Crippen molar-refractivity contribution in [3.05, 3.63) is 36.9 Å². The van der Waals surface area contributed by atoms with Gasteiger partial charge in [0.1, 0.15) is 4.90 Å². The SMILES string of the molecule is Nc1ncc(S(=O)(=O)Nc2ccncc2)cn1. The molecule has 17 heavy (non-hydrogen) atoms. The van der Waals surface area contributed by atoms with Crippen molar-refractivity contribution in [1.29, 1.82) is 0 Å². The Morgan fingerprint density at radius 3 is 2.29 bits per heavy atom. The van der Waals surface area contributed by atoms with Gasteiger partial charge in [0.25, 0.3) is 10.0 Å². The van der Waals surface area contributed by atoms with Crippen LogP contribution >= 0.6 is 0 Å². The summed E-state index contributed by atoms with van der Waals surface area (Å²) in [5.41, 5.74) is 5.69. The highest BCUT2D eigenvalue weighted by atomic mass is 32.2. The summed E-state index contributed by atoms with van der Waals surface area (Å²) in [6.07, 6.45) is 5.26. The van der Waals surface area contributed by atoms with E-state index >= 15 is 0 Å². The molecule has 0 aromatic carbocycles. The molecule has 0 unspecified atom stereocenters. The normalized spacial score (nSPS) is 11.1. The third kappa shape index (κ3) is 2.67. The van der Waals surface area contributed by atoms with Gasteiger partial charge in [0, 0.05) is 12.4 Å². The van der Waals surface area contributed by atoms with Crippen molar-refractivity contribution in [3.8, 4) is 0 Å². The topological polar surface area (TPSA) is 111 Å². The summed E-state index contributed by atoms with van der Waals surface area (Å²) in [5.74, 6) is 0.0212. The van der Waals surface area contributed by atoms with Gasteiger partial charge in [-0.05, 0) is 12.1 Å². The molecule has 0 spiro atoms. The number of sulfonamides is 1. The Labute approximate surface area is 97.8 Å². The maximum atomic E-state index is 11.9. The van der Waals surface area contributed by atoms with Crippen LogP contribution in [0.2, 0.25) is 0 Å². The zero-order chi connectivity index (χ0) is 12.3. The third-order valence-electron chi connectivity index (χ3n) is 1.89. The Kier molecular flexibility index (Phi) is 2.88. The van der Waals surface area contributed by atoms with E-state index in [1.807, 2.05) is 0 Å². The lowest BCUT2D eigenvalue weighted by Gasteiger charge is -2.06. The number of nitrogen functional groups attached to an aromatic ring is 1. The lowest BCUT2D eigenvalue weighted by atomic mass is 10.4. The van der Waals surface area contributed by atoms with Gasteiger partial charge in [0.2, 0.25) is 5.95 Å². The van der Waals surface area contributed by atoms with Crippen LogP contribution in [-0.2, 0) is 10.0 Å². The predicted octanol–water partition coefficient (Wildman–Crippen LogP) is 0.255. The minimum absolute atomic E-state index is 0.0212. The highest BCUT2D eigenvalue weighted by Gasteiger charge is 2.14. The molecule has 0 atom stereocenters. The van der Waals surface area contributed by atoms with Crippen LogP contribution in [0, 0.1) is 0 Å². The van der Waals surface area contributed by atoms with Gasteiger partial charge in [-0.25, -0.2) is 18.4 Å². The van der Waals surface area contributed by atoms with E-state index in [4.69, 9.17) is 5.73 Å². The smallest absolute Gasteiger partial charge is 0.264 e. The number of hydrogen-bond donors (Lipinski definition) is 2. The standard InChI is InChI=1S/C9H9N5O2S/c10-9-12-5-8(6-13-9)17(15,16)14-7-1-3-11-4-2-7/h1-6H,(H,11,14)(H2,10,12,13). The number of nitrogens with one attached hydrogen (secondary N) is 1. The van der Waals surface area contributed by atoms with Crippen molar-refractivity contribution in [1.82, 2.24) is 15.0 Å². The second-order valence-electron chi connectivity index (χ2n) is 3.12. The van der Waals surface area contributed by atoms with E-state index in [0.29, 0.717) is 5.69 Å². The van der Waals surface area contributed by atoms with Gasteiger partial charge in [-0.3, -0.25) is 9.71 Å². The molecule has 0 aliphatic carbocycles. The Hall–Kier alpha value is -2.22. The quantitative estimate of drug-likeness (QED) is 0.809. The molecule has 0 bridgehead atoms. The van der Waals surface area contributed by atoms with Crippen molar-refractivity contribution in [2.45, 2.75) is 4.90 Å². The number of anilines is 2. The fourth-order valence-electron chi connectivity index (χ4n) is 1.10. The van der Waals surface area contributed by atoms with Gasteiger partial charge in [-0.2, -0.15) is 0 Å². The van der Waals surface area contributed by atoms with E-state index in [1.165, 1.54) is 24.5 Å². The zero-order valence-corrected chi connectivity index (χ0v) is 9.42. The van der Waals surface area contributed by atoms with E-state index in [0.717, 1.165) is 12.4 Å². The fourth-order valence-corrected chi connectivity index (χ4v) is 2.05. The van der Waals surface area contributed by atoms with Gasteiger partial charge < -0.3 is 5.73 Å². The first-order chi connectivity index (χ1) is 8.08. The molecule has 0 saturated heterocycles. The number of nitrogens with zero attached hydrogens (tertiary/aromatic N) is 3. The summed E-state index contributed by atoms with van der Waals surface area (Å²) in [4.78, 5) is 11.0. The fraction of sp³-hybridized carbons (Fsp3) is 0. The minimum atomic E-state index is -3.69. The maximum absolute atomic E-state index is 11.9. The number of nitrogens with two attached hydrogens (primary N) is 1. The second-order valence-corrected chi connectivity index (χ2v) is 4.80. The molecular formula is C9H9N5O2S. The second kappa shape index (κ2) is 4.34. The van der Waals surface area contributed by atoms with Crippen molar-refractivity contribution >= 4 is 21.7 Å². The molecule has 0 amide bonds. The van der Waals surface area contributed by atoms with Crippen LogP contribution in [0.15, 0.2) is 41.8 Å². The minimum Gasteiger partial charge on any atom is -0.368 e. The number of aromatic nitrogens is 3.